The van der Waals surface area contributed by atoms with E-state index in [-0.39, 0.29) is 5.75 Å². The molecule has 1 aromatic carbocycles. The lowest BCUT2D eigenvalue weighted by Gasteiger charge is -2.10. The molecule has 0 aromatic heterocycles. The Balaban J connectivity index is 2.68. The third-order valence-corrected chi connectivity index (χ3v) is 4.32. The molecule has 0 amide bonds. The van der Waals surface area contributed by atoms with Crippen LogP contribution in [0, 0.1) is 0 Å². The van der Waals surface area contributed by atoms with Crippen LogP contribution in [0.5, 0.6) is 5.75 Å². The summed E-state index contributed by atoms with van der Waals surface area (Å²) in [6, 6.07) is 5.52. The fraction of sp³-hybridized carbons (Fsp3) is 0.455. The van der Waals surface area contributed by atoms with E-state index in [9.17, 15) is 8.42 Å². The molecular formula is C11H17NO3S2. The van der Waals surface area contributed by atoms with Gasteiger partial charge in [-0.2, -0.15) is 0 Å². The molecule has 0 radical (unpaired) electrons. The van der Waals surface area contributed by atoms with Gasteiger partial charge >= 0.3 is 0 Å². The normalized spacial score (nSPS) is 11.4. The summed E-state index contributed by atoms with van der Waals surface area (Å²) in [5.41, 5.74) is 6.50. The highest BCUT2D eigenvalue weighted by Crippen LogP contribution is 2.32. The Morgan fingerprint density at radius 1 is 1.41 bits per heavy atom. The first-order valence-electron chi connectivity index (χ1n) is 5.26. The fourth-order valence-corrected chi connectivity index (χ4v) is 3.43. The summed E-state index contributed by atoms with van der Waals surface area (Å²) in [4.78, 5) is 0.861. The number of ether oxygens (including phenoxy) is 1. The summed E-state index contributed by atoms with van der Waals surface area (Å²) < 4.78 is 27.4. The zero-order valence-electron chi connectivity index (χ0n) is 9.97. The van der Waals surface area contributed by atoms with E-state index in [4.69, 9.17) is 10.5 Å². The smallest absolute Gasteiger partial charge is 0.148 e. The van der Waals surface area contributed by atoms with E-state index in [1.807, 2.05) is 19.1 Å². The second-order valence-corrected chi connectivity index (χ2v) is 6.98. The number of nitrogen functional groups attached to an aromatic ring is 1. The van der Waals surface area contributed by atoms with Crippen molar-refractivity contribution in [2.75, 3.05) is 30.1 Å². The number of benzene rings is 1. The Labute approximate surface area is 106 Å². The van der Waals surface area contributed by atoms with E-state index in [2.05, 4.69) is 0 Å². The molecule has 0 fully saturated rings. The van der Waals surface area contributed by atoms with E-state index in [1.165, 1.54) is 18.0 Å². The molecule has 1 rings (SSSR count). The molecule has 6 heteroatoms. The van der Waals surface area contributed by atoms with Crippen LogP contribution in [-0.4, -0.2) is 32.8 Å². The van der Waals surface area contributed by atoms with Gasteiger partial charge in [-0.25, -0.2) is 8.42 Å². The third-order valence-electron chi connectivity index (χ3n) is 2.04. The number of hydrogen-bond acceptors (Lipinski definition) is 5. The fourth-order valence-electron chi connectivity index (χ4n) is 1.23. The van der Waals surface area contributed by atoms with Crippen LogP contribution in [-0.2, 0) is 9.84 Å². The van der Waals surface area contributed by atoms with Crippen molar-refractivity contribution in [1.29, 1.82) is 0 Å². The van der Waals surface area contributed by atoms with Crippen molar-refractivity contribution in [3.8, 4) is 5.75 Å². The maximum Gasteiger partial charge on any atom is 0.148 e. The van der Waals surface area contributed by atoms with Gasteiger partial charge in [0.25, 0.3) is 0 Å². The highest BCUT2D eigenvalue weighted by Gasteiger charge is 2.08. The number of para-hydroxylation sites is 1. The van der Waals surface area contributed by atoms with Gasteiger partial charge in [0.2, 0.25) is 0 Å². The molecule has 17 heavy (non-hydrogen) atoms. The van der Waals surface area contributed by atoms with Crippen molar-refractivity contribution in [3.05, 3.63) is 18.2 Å². The van der Waals surface area contributed by atoms with Crippen molar-refractivity contribution in [2.45, 2.75) is 11.8 Å². The van der Waals surface area contributed by atoms with Crippen molar-refractivity contribution in [2.24, 2.45) is 0 Å². The van der Waals surface area contributed by atoms with E-state index >= 15 is 0 Å². The lowest BCUT2D eigenvalue weighted by atomic mass is 10.3. The summed E-state index contributed by atoms with van der Waals surface area (Å²) in [5.74, 6) is 1.30. The average Bonchev–Trinajstić information content (AvgIpc) is 2.22. The minimum atomic E-state index is -2.92. The van der Waals surface area contributed by atoms with Gasteiger partial charge in [0.1, 0.15) is 15.6 Å². The van der Waals surface area contributed by atoms with Crippen LogP contribution in [0.25, 0.3) is 0 Å². The molecule has 0 saturated heterocycles. The Morgan fingerprint density at radius 2 is 2.12 bits per heavy atom. The minimum Gasteiger partial charge on any atom is -0.492 e. The number of nitrogens with two attached hydrogens (primary N) is 1. The lowest BCUT2D eigenvalue weighted by Crippen LogP contribution is -2.05. The molecule has 1 aromatic rings. The molecule has 0 unspecified atom stereocenters. The molecule has 0 spiro atoms. The summed E-state index contributed by atoms with van der Waals surface area (Å²) in [6.07, 6.45) is 1.23. The predicted octanol–water partition coefficient (Wildman–Crippen LogP) is 1.80. The Hall–Kier alpha value is -0.880. The molecule has 0 bridgehead atoms. The zero-order valence-corrected chi connectivity index (χ0v) is 11.6. The van der Waals surface area contributed by atoms with E-state index < -0.39 is 9.84 Å². The molecule has 2 N–H and O–H groups in total. The molecule has 0 aliphatic carbocycles. The van der Waals surface area contributed by atoms with Crippen LogP contribution in [0.2, 0.25) is 0 Å². The van der Waals surface area contributed by atoms with Gasteiger partial charge in [-0.1, -0.05) is 6.07 Å². The minimum absolute atomic E-state index is 0.149. The van der Waals surface area contributed by atoms with Crippen LogP contribution >= 0.6 is 11.8 Å². The predicted molar refractivity (Wildman–Crippen MR) is 72.5 cm³/mol. The zero-order chi connectivity index (χ0) is 12.9. The van der Waals surface area contributed by atoms with E-state index in [0.717, 1.165) is 4.90 Å². The number of hydrogen-bond donors (Lipinski definition) is 1. The lowest BCUT2D eigenvalue weighted by molar-refractivity contribution is 0.341. The Morgan fingerprint density at radius 3 is 2.71 bits per heavy atom. The molecule has 96 valence electrons. The number of anilines is 1. The molecule has 4 nitrogen and oxygen atoms in total. The first kappa shape index (κ1) is 14.2. The van der Waals surface area contributed by atoms with Crippen molar-refractivity contribution < 1.29 is 13.2 Å². The van der Waals surface area contributed by atoms with E-state index in [0.29, 0.717) is 23.8 Å². The monoisotopic (exact) mass is 275 g/mol. The van der Waals surface area contributed by atoms with Gasteiger partial charge in [0.15, 0.2) is 0 Å². The van der Waals surface area contributed by atoms with Crippen molar-refractivity contribution >= 4 is 27.3 Å². The second-order valence-electron chi connectivity index (χ2n) is 3.58. The average molecular weight is 275 g/mol. The van der Waals surface area contributed by atoms with Crippen LogP contribution in [0.4, 0.5) is 5.69 Å². The van der Waals surface area contributed by atoms with Gasteiger partial charge in [-0.15, -0.1) is 11.8 Å². The highest BCUT2D eigenvalue weighted by molar-refractivity contribution is 8.00. The first-order chi connectivity index (χ1) is 7.94. The van der Waals surface area contributed by atoms with Gasteiger partial charge in [-0.3, -0.25) is 0 Å². The summed E-state index contributed by atoms with van der Waals surface area (Å²) in [6.45, 7) is 2.45. The third kappa shape index (κ3) is 4.87. The molecular weight excluding hydrogens is 258 g/mol. The van der Waals surface area contributed by atoms with Crippen LogP contribution in [0.1, 0.15) is 6.92 Å². The SMILES string of the molecule is CCOc1cccc(SCCS(C)(=O)=O)c1N. The van der Waals surface area contributed by atoms with Gasteiger partial charge in [0, 0.05) is 16.9 Å². The topological polar surface area (TPSA) is 69.4 Å². The Bertz CT molecular complexity index is 472. The standard InChI is InChI=1S/C11H17NO3S2/c1-3-15-9-5-4-6-10(11(9)12)16-7-8-17(2,13)14/h4-6H,3,7-8,12H2,1-2H3. The summed E-state index contributed by atoms with van der Waals surface area (Å²) in [7, 11) is -2.92. The van der Waals surface area contributed by atoms with Gasteiger partial charge < -0.3 is 10.5 Å². The number of sulfone groups is 1. The molecule has 0 heterocycles. The maximum atomic E-state index is 11.0. The number of rotatable bonds is 6. The molecule has 0 aliphatic heterocycles. The second kappa shape index (κ2) is 6.16. The van der Waals surface area contributed by atoms with E-state index in [1.54, 1.807) is 6.07 Å². The van der Waals surface area contributed by atoms with Crippen molar-refractivity contribution in [1.82, 2.24) is 0 Å². The highest BCUT2D eigenvalue weighted by atomic mass is 32.2. The van der Waals surface area contributed by atoms with Crippen LogP contribution < -0.4 is 10.5 Å². The summed E-state index contributed by atoms with van der Waals surface area (Å²) in [5, 5.41) is 0. The molecule has 0 aliphatic rings. The first-order valence-corrected chi connectivity index (χ1v) is 8.30. The maximum absolute atomic E-state index is 11.0. The molecule has 0 saturated carbocycles. The quantitative estimate of drug-likeness (QED) is 0.633. The molecule has 0 atom stereocenters. The van der Waals surface area contributed by atoms with Crippen LogP contribution in [0.15, 0.2) is 23.1 Å². The van der Waals surface area contributed by atoms with Crippen LogP contribution in [0.3, 0.4) is 0 Å². The Kier molecular flexibility index (Phi) is 5.14. The number of thioether (sulfide) groups is 1. The van der Waals surface area contributed by atoms with Crippen molar-refractivity contribution in [3.63, 3.8) is 0 Å². The van der Waals surface area contributed by atoms with Gasteiger partial charge in [0.05, 0.1) is 18.0 Å². The summed E-state index contributed by atoms with van der Waals surface area (Å²) >= 11 is 1.43. The largest absolute Gasteiger partial charge is 0.492 e. The van der Waals surface area contributed by atoms with Gasteiger partial charge in [-0.05, 0) is 19.1 Å².